The van der Waals surface area contributed by atoms with E-state index in [2.05, 4.69) is 46.3 Å². The molecule has 0 atom stereocenters. The normalized spacial score (nSPS) is 14.5. The van der Waals surface area contributed by atoms with Crippen LogP contribution in [0.3, 0.4) is 0 Å². The first-order valence-electron chi connectivity index (χ1n) is 8.35. The van der Waals surface area contributed by atoms with Gasteiger partial charge in [0.2, 0.25) is 0 Å². The molecule has 2 rings (SSSR count). The highest BCUT2D eigenvalue weighted by Gasteiger charge is 2.27. The van der Waals surface area contributed by atoms with Crippen LogP contribution >= 0.6 is 0 Å². The predicted octanol–water partition coefficient (Wildman–Crippen LogP) is 2.93. The molecular formula is C16H29N5. The molecule has 0 radical (unpaired) electrons. The molecule has 1 aliphatic rings. The van der Waals surface area contributed by atoms with E-state index in [0.29, 0.717) is 5.92 Å². The molecule has 1 fully saturated rings. The Labute approximate surface area is 128 Å². The third-order valence-corrected chi connectivity index (χ3v) is 3.77. The minimum atomic E-state index is 0.580. The fourth-order valence-corrected chi connectivity index (χ4v) is 2.44. The van der Waals surface area contributed by atoms with E-state index in [1.807, 2.05) is 6.07 Å². The van der Waals surface area contributed by atoms with Crippen molar-refractivity contribution in [1.82, 2.24) is 14.9 Å². The van der Waals surface area contributed by atoms with Gasteiger partial charge in [0.1, 0.15) is 17.5 Å². The summed E-state index contributed by atoms with van der Waals surface area (Å²) >= 11 is 0. The molecule has 0 unspecified atom stereocenters. The third-order valence-electron chi connectivity index (χ3n) is 3.77. The van der Waals surface area contributed by atoms with Crippen LogP contribution in [0.25, 0.3) is 0 Å². The van der Waals surface area contributed by atoms with Gasteiger partial charge < -0.3 is 15.5 Å². The molecule has 21 heavy (non-hydrogen) atoms. The van der Waals surface area contributed by atoms with E-state index in [9.17, 15) is 0 Å². The van der Waals surface area contributed by atoms with Gasteiger partial charge in [-0.2, -0.15) is 0 Å². The molecule has 0 spiro atoms. The summed E-state index contributed by atoms with van der Waals surface area (Å²) in [6.07, 6.45) is 3.67. The summed E-state index contributed by atoms with van der Waals surface area (Å²) in [5.41, 5.74) is 0. The smallest absolute Gasteiger partial charge is 0.136 e. The van der Waals surface area contributed by atoms with Crippen LogP contribution in [0, 0.1) is 0 Å². The lowest BCUT2D eigenvalue weighted by Crippen LogP contribution is -2.29. The number of nitrogens with one attached hydrogen (secondary N) is 2. The average Bonchev–Trinajstić information content (AvgIpc) is 3.31. The summed E-state index contributed by atoms with van der Waals surface area (Å²) in [5.74, 6) is 3.47. The van der Waals surface area contributed by atoms with Crippen molar-refractivity contribution in [3.05, 3.63) is 11.9 Å². The number of hydrogen-bond acceptors (Lipinski definition) is 5. The van der Waals surface area contributed by atoms with Gasteiger partial charge in [-0.05, 0) is 39.3 Å². The zero-order valence-electron chi connectivity index (χ0n) is 13.7. The lowest BCUT2D eigenvalue weighted by atomic mass is 10.3. The Morgan fingerprint density at radius 3 is 2.38 bits per heavy atom. The first-order valence-corrected chi connectivity index (χ1v) is 8.35. The van der Waals surface area contributed by atoms with E-state index in [1.54, 1.807) is 0 Å². The van der Waals surface area contributed by atoms with Crippen molar-refractivity contribution in [2.45, 2.75) is 46.0 Å². The fourth-order valence-electron chi connectivity index (χ4n) is 2.44. The molecule has 5 heteroatoms. The monoisotopic (exact) mass is 291 g/mol. The molecule has 1 heterocycles. The van der Waals surface area contributed by atoms with E-state index in [-0.39, 0.29) is 0 Å². The van der Waals surface area contributed by atoms with Crippen molar-refractivity contribution < 1.29 is 0 Å². The lowest BCUT2D eigenvalue weighted by Gasteiger charge is -2.20. The van der Waals surface area contributed by atoms with Crippen molar-refractivity contribution in [3.8, 4) is 0 Å². The molecule has 1 aliphatic carbocycles. The number of likely N-dealkylation sites (N-methyl/N-ethyl adjacent to an activating group) is 1. The number of aromatic nitrogens is 2. The quantitative estimate of drug-likeness (QED) is 0.694. The molecule has 0 saturated heterocycles. The van der Waals surface area contributed by atoms with Crippen molar-refractivity contribution in [3.63, 3.8) is 0 Å². The van der Waals surface area contributed by atoms with Crippen LogP contribution in [0.15, 0.2) is 6.07 Å². The average molecular weight is 291 g/mol. The Kier molecular flexibility index (Phi) is 6.23. The summed E-state index contributed by atoms with van der Waals surface area (Å²) in [6, 6.07) is 2.02. The highest BCUT2D eigenvalue weighted by atomic mass is 15.1. The Hall–Kier alpha value is -1.36. The Bertz CT molecular complexity index is 431. The zero-order chi connectivity index (χ0) is 15.1. The maximum atomic E-state index is 4.67. The van der Waals surface area contributed by atoms with Gasteiger partial charge in [0.05, 0.1) is 0 Å². The second-order valence-corrected chi connectivity index (χ2v) is 5.66. The summed E-state index contributed by atoms with van der Waals surface area (Å²) in [5, 5.41) is 6.76. The van der Waals surface area contributed by atoms with Crippen molar-refractivity contribution in [2.75, 3.05) is 43.4 Å². The van der Waals surface area contributed by atoms with Crippen LogP contribution in [-0.4, -0.2) is 47.6 Å². The van der Waals surface area contributed by atoms with Gasteiger partial charge in [-0.15, -0.1) is 0 Å². The summed E-state index contributed by atoms with van der Waals surface area (Å²) in [4.78, 5) is 11.7. The number of hydrogen-bond donors (Lipinski definition) is 2. The molecule has 2 N–H and O–H groups in total. The highest BCUT2D eigenvalue weighted by Crippen LogP contribution is 2.38. The molecule has 5 nitrogen and oxygen atoms in total. The lowest BCUT2D eigenvalue weighted by molar-refractivity contribution is 0.300. The Morgan fingerprint density at radius 2 is 1.81 bits per heavy atom. The minimum absolute atomic E-state index is 0.580. The highest BCUT2D eigenvalue weighted by molar-refractivity contribution is 5.48. The maximum absolute atomic E-state index is 4.67. The Morgan fingerprint density at radius 1 is 1.10 bits per heavy atom. The molecule has 1 aromatic rings. The molecule has 0 aliphatic heterocycles. The van der Waals surface area contributed by atoms with E-state index >= 15 is 0 Å². The SMILES string of the molecule is CCCN(CC)CCNc1cc(NCC)nc(C2CC2)n1. The second kappa shape index (κ2) is 8.17. The van der Waals surface area contributed by atoms with E-state index in [0.717, 1.165) is 50.2 Å². The predicted molar refractivity (Wildman–Crippen MR) is 89.1 cm³/mol. The summed E-state index contributed by atoms with van der Waals surface area (Å²) in [6.45, 7) is 11.7. The Balaban J connectivity index is 1.92. The number of anilines is 2. The van der Waals surface area contributed by atoms with E-state index in [1.165, 1.54) is 19.3 Å². The standard InChI is InChI=1S/C16H29N5/c1-4-10-21(6-3)11-9-18-15-12-14(17-5-2)19-16(20-15)13-7-8-13/h12-13H,4-11H2,1-3H3,(H2,17,18,19,20). The van der Waals surface area contributed by atoms with Gasteiger partial charge in [0.25, 0.3) is 0 Å². The van der Waals surface area contributed by atoms with Crippen molar-refractivity contribution in [2.24, 2.45) is 0 Å². The van der Waals surface area contributed by atoms with Gasteiger partial charge in [-0.3, -0.25) is 0 Å². The van der Waals surface area contributed by atoms with Gasteiger partial charge in [0, 0.05) is 31.6 Å². The van der Waals surface area contributed by atoms with Gasteiger partial charge >= 0.3 is 0 Å². The zero-order valence-corrected chi connectivity index (χ0v) is 13.7. The van der Waals surface area contributed by atoms with E-state index < -0.39 is 0 Å². The van der Waals surface area contributed by atoms with Crippen molar-refractivity contribution >= 4 is 11.6 Å². The first-order chi connectivity index (χ1) is 10.3. The topological polar surface area (TPSA) is 53.1 Å². The van der Waals surface area contributed by atoms with Crippen LogP contribution < -0.4 is 10.6 Å². The number of rotatable bonds is 10. The fraction of sp³-hybridized carbons (Fsp3) is 0.750. The molecule has 118 valence electrons. The van der Waals surface area contributed by atoms with Crippen LogP contribution in [0.1, 0.15) is 51.8 Å². The molecule has 1 aromatic heterocycles. The maximum Gasteiger partial charge on any atom is 0.136 e. The van der Waals surface area contributed by atoms with Crippen LogP contribution in [0.5, 0.6) is 0 Å². The van der Waals surface area contributed by atoms with Crippen molar-refractivity contribution in [1.29, 1.82) is 0 Å². The minimum Gasteiger partial charge on any atom is -0.370 e. The largest absolute Gasteiger partial charge is 0.370 e. The second-order valence-electron chi connectivity index (χ2n) is 5.66. The molecule has 0 bridgehead atoms. The summed E-state index contributed by atoms with van der Waals surface area (Å²) < 4.78 is 0. The molecule has 0 aromatic carbocycles. The first kappa shape index (κ1) is 16.0. The molecule has 0 amide bonds. The number of nitrogens with zero attached hydrogens (tertiary/aromatic N) is 3. The third kappa shape index (κ3) is 5.16. The van der Waals surface area contributed by atoms with E-state index in [4.69, 9.17) is 0 Å². The van der Waals surface area contributed by atoms with Crippen LogP contribution in [0.4, 0.5) is 11.6 Å². The van der Waals surface area contributed by atoms with Crippen LogP contribution in [0.2, 0.25) is 0 Å². The van der Waals surface area contributed by atoms with Gasteiger partial charge in [-0.1, -0.05) is 13.8 Å². The molecular weight excluding hydrogens is 262 g/mol. The molecule has 1 saturated carbocycles. The summed E-state index contributed by atoms with van der Waals surface area (Å²) in [7, 11) is 0. The van der Waals surface area contributed by atoms with Crippen LogP contribution in [-0.2, 0) is 0 Å². The van der Waals surface area contributed by atoms with Gasteiger partial charge in [0.15, 0.2) is 0 Å². The van der Waals surface area contributed by atoms with Gasteiger partial charge in [-0.25, -0.2) is 9.97 Å².